The van der Waals surface area contributed by atoms with Gasteiger partial charge in [-0.2, -0.15) is 0 Å². The smallest absolute Gasteiger partial charge is 0.258 e. The maximum absolute atomic E-state index is 12.7. The molecule has 2 aromatic carbocycles. The van der Waals surface area contributed by atoms with E-state index >= 15 is 0 Å². The van der Waals surface area contributed by atoms with Crippen LogP contribution in [0.15, 0.2) is 42.1 Å². The fourth-order valence-electron chi connectivity index (χ4n) is 3.54. The molecule has 1 heterocycles. The summed E-state index contributed by atoms with van der Waals surface area (Å²) in [4.78, 5) is 12.7. The third-order valence-electron chi connectivity index (χ3n) is 5.21. The number of nitrogens with one attached hydrogen (secondary N) is 3. The third-order valence-corrected chi connectivity index (χ3v) is 5.21. The number of hydrogen-bond donors (Lipinski definition) is 3. The summed E-state index contributed by atoms with van der Waals surface area (Å²) in [5, 5.41) is 9.82. The minimum Gasteiger partial charge on any atom is -0.493 e. The van der Waals surface area contributed by atoms with Crippen LogP contribution in [0.1, 0.15) is 44.2 Å². The Morgan fingerprint density at radius 1 is 1.03 bits per heavy atom. The van der Waals surface area contributed by atoms with Gasteiger partial charge in [-0.3, -0.25) is 4.79 Å². The van der Waals surface area contributed by atoms with Gasteiger partial charge in [0.1, 0.15) is 0 Å². The van der Waals surface area contributed by atoms with E-state index in [1.165, 1.54) is 18.4 Å². The van der Waals surface area contributed by atoms with E-state index in [1.807, 2.05) is 13.0 Å². The highest BCUT2D eigenvalue weighted by atomic mass is 16.5. The van der Waals surface area contributed by atoms with Crippen molar-refractivity contribution in [3.8, 4) is 11.5 Å². The Hall–Kier alpha value is -2.99. The van der Waals surface area contributed by atoms with E-state index in [9.17, 15) is 4.79 Å². The van der Waals surface area contributed by atoms with E-state index in [4.69, 9.17) is 9.47 Å². The standard InChI is InChI=1S/C24H31N3O3/c1-5-7-12-25-15-16-8-10-17(11-9-16)26-19(6-2)23-18-13-21(29-3)22(30-4)14-20(18)27-24(23)28/h8-11,13-14,25-26H,5-7,12,15H2,1-4H3,(H,27,28)/b23-19-. The molecule has 6 heteroatoms. The Morgan fingerprint density at radius 3 is 2.37 bits per heavy atom. The van der Waals surface area contributed by atoms with E-state index in [0.29, 0.717) is 23.5 Å². The summed E-state index contributed by atoms with van der Waals surface area (Å²) in [6, 6.07) is 12.0. The van der Waals surface area contributed by atoms with Crippen LogP contribution in [0.2, 0.25) is 0 Å². The Kier molecular flexibility index (Phi) is 7.36. The summed E-state index contributed by atoms with van der Waals surface area (Å²) < 4.78 is 10.8. The zero-order valence-corrected chi connectivity index (χ0v) is 18.2. The van der Waals surface area contributed by atoms with Crippen molar-refractivity contribution in [3.05, 3.63) is 53.2 Å². The first-order valence-corrected chi connectivity index (χ1v) is 10.5. The SMILES string of the molecule is CCCCNCc1ccc(N/C(CC)=C2\C(=O)Nc3cc(OC)c(OC)cc32)cc1. The summed E-state index contributed by atoms with van der Waals surface area (Å²) in [5.74, 6) is 1.06. The molecule has 0 aromatic heterocycles. The number of rotatable bonds is 10. The van der Waals surface area contributed by atoms with Crippen LogP contribution in [0, 0.1) is 0 Å². The molecule has 1 aliphatic heterocycles. The molecule has 30 heavy (non-hydrogen) atoms. The number of ether oxygens (including phenoxy) is 2. The van der Waals surface area contributed by atoms with Gasteiger partial charge in [0.05, 0.1) is 25.5 Å². The molecule has 0 saturated carbocycles. The number of hydrogen-bond acceptors (Lipinski definition) is 5. The molecule has 160 valence electrons. The van der Waals surface area contributed by atoms with Crippen molar-refractivity contribution in [2.24, 2.45) is 0 Å². The number of amides is 1. The molecule has 0 unspecified atom stereocenters. The Balaban J connectivity index is 1.83. The van der Waals surface area contributed by atoms with Gasteiger partial charge in [0.25, 0.3) is 5.91 Å². The Bertz CT molecular complexity index is 920. The quantitative estimate of drug-likeness (QED) is 0.389. The monoisotopic (exact) mass is 409 g/mol. The maximum Gasteiger partial charge on any atom is 0.258 e. The van der Waals surface area contributed by atoms with Crippen LogP contribution in [0.4, 0.5) is 11.4 Å². The molecule has 3 rings (SSSR count). The van der Waals surface area contributed by atoms with Crippen molar-refractivity contribution >= 4 is 22.9 Å². The minimum absolute atomic E-state index is 0.124. The van der Waals surface area contributed by atoms with Gasteiger partial charge in [0, 0.05) is 29.6 Å². The van der Waals surface area contributed by atoms with Crippen molar-refractivity contribution in [1.82, 2.24) is 5.32 Å². The first kappa shape index (κ1) is 21.7. The normalized spacial score (nSPS) is 14.2. The van der Waals surface area contributed by atoms with Gasteiger partial charge in [0.2, 0.25) is 0 Å². The summed E-state index contributed by atoms with van der Waals surface area (Å²) >= 11 is 0. The number of benzene rings is 2. The topological polar surface area (TPSA) is 71.6 Å². The van der Waals surface area contributed by atoms with Gasteiger partial charge in [-0.05, 0) is 43.1 Å². The van der Waals surface area contributed by atoms with Gasteiger partial charge >= 0.3 is 0 Å². The number of allylic oxidation sites excluding steroid dienone is 1. The molecule has 0 atom stereocenters. The van der Waals surface area contributed by atoms with E-state index in [0.717, 1.165) is 35.7 Å². The number of carbonyl (C=O) groups is 1. The molecule has 0 bridgehead atoms. The molecule has 1 aliphatic rings. The zero-order valence-electron chi connectivity index (χ0n) is 18.2. The van der Waals surface area contributed by atoms with Crippen molar-refractivity contribution in [1.29, 1.82) is 0 Å². The second-order valence-corrected chi connectivity index (χ2v) is 7.27. The largest absolute Gasteiger partial charge is 0.493 e. The lowest BCUT2D eigenvalue weighted by atomic mass is 10.0. The molecule has 1 amide bonds. The van der Waals surface area contributed by atoms with Crippen molar-refractivity contribution in [2.75, 3.05) is 31.4 Å². The van der Waals surface area contributed by atoms with Crippen molar-refractivity contribution < 1.29 is 14.3 Å². The van der Waals surface area contributed by atoms with Gasteiger partial charge in [-0.1, -0.05) is 32.4 Å². The van der Waals surface area contributed by atoms with Crippen LogP contribution in [0.25, 0.3) is 5.57 Å². The maximum atomic E-state index is 12.7. The van der Waals surface area contributed by atoms with Gasteiger partial charge in [-0.25, -0.2) is 0 Å². The fourth-order valence-corrected chi connectivity index (χ4v) is 3.54. The lowest BCUT2D eigenvalue weighted by Crippen LogP contribution is -2.14. The molecule has 0 saturated heterocycles. The predicted molar refractivity (Wildman–Crippen MR) is 122 cm³/mol. The van der Waals surface area contributed by atoms with E-state index in [1.54, 1.807) is 20.3 Å². The summed E-state index contributed by atoms with van der Waals surface area (Å²) in [6.07, 6.45) is 3.07. The molecule has 0 fully saturated rings. The summed E-state index contributed by atoms with van der Waals surface area (Å²) in [5.41, 5.74) is 5.25. The van der Waals surface area contributed by atoms with Gasteiger partial charge < -0.3 is 25.4 Å². The fraction of sp³-hybridized carbons (Fsp3) is 0.375. The average Bonchev–Trinajstić information content (AvgIpc) is 3.09. The molecule has 2 aromatic rings. The van der Waals surface area contributed by atoms with E-state index in [2.05, 4.69) is 47.1 Å². The highest BCUT2D eigenvalue weighted by Gasteiger charge is 2.29. The lowest BCUT2D eigenvalue weighted by Gasteiger charge is -2.14. The van der Waals surface area contributed by atoms with Crippen LogP contribution >= 0.6 is 0 Å². The third kappa shape index (κ3) is 4.76. The molecule has 0 spiro atoms. The van der Waals surface area contributed by atoms with Crippen LogP contribution in [0.5, 0.6) is 11.5 Å². The number of anilines is 2. The van der Waals surface area contributed by atoms with Crippen LogP contribution in [-0.4, -0.2) is 26.7 Å². The highest BCUT2D eigenvalue weighted by Crippen LogP contribution is 2.42. The molecular formula is C24H31N3O3. The summed E-state index contributed by atoms with van der Waals surface area (Å²) in [6.45, 7) is 6.12. The number of carbonyl (C=O) groups excluding carboxylic acids is 1. The second-order valence-electron chi connectivity index (χ2n) is 7.27. The molecule has 3 N–H and O–H groups in total. The lowest BCUT2D eigenvalue weighted by molar-refractivity contribution is -0.110. The van der Waals surface area contributed by atoms with Crippen LogP contribution in [0.3, 0.4) is 0 Å². The van der Waals surface area contributed by atoms with Gasteiger partial charge in [0.15, 0.2) is 11.5 Å². The molecule has 0 aliphatic carbocycles. The number of unbranched alkanes of at least 4 members (excludes halogenated alkanes) is 1. The zero-order chi connectivity index (χ0) is 21.5. The van der Waals surface area contributed by atoms with E-state index in [-0.39, 0.29) is 5.91 Å². The summed E-state index contributed by atoms with van der Waals surface area (Å²) in [7, 11) is 3.18. The Morgan fingerprint density at radius 2 is 1.73 bits per heavy atom. The predicted octanol–water partition coefficient (Wildman–Crippen LogP) is 4.78. The Labute approximate surface area is 178 Å². The van der Waals surface area contributed by atoms with E-state index < -0.39 is 0 Å². The second kappa shape index (κ2) is 10.2. The van der Waals surface area contributed by atoms with Crippen LogP contribution in [-0.2, 0) is 11.3 Å². The van der Waals surface area contributed by atoms with Gasteiger partial charge in [-0.15, -0.1) is 0 Å². The van der Waals surface area contributed by atoms with Crippen molar-refractivity contribution in [2.45, 2.75) is 39.7 Å². The molecule has 6 nitrogen and oxygen atoms in total. The number of fused-ring (bicyclic) bond motifs is 1. The van der Waals surface area contributed by atoms with Crippen molar-refractivity contribution in [3.63, 3.8) is 0 Å². The average molecular weight is 410 g/mol. The first-order chi connectivity index (χ1) is 14.6. The first-order valence-electron chi connectivity index (χ1n) is 10.5. The highest BCUT2D eigenvalue weighted by molar-refractivity contribution is 6.32. The van der Waals surface area contributed by atoms with Crippen LogP contribution < -0.4 is 25.4 Å². The molecule has 0 radical (unpaired) electrons. The minimum atomic E-state index is -0.124. The molecular weight excluding hydrogens is 378 g/mol. The number of methoxy groups -OCH3 is 2.